The van der Waals surface area contributed by atoms with Crippen molar-refractivity contribution in [3.8, 4) is 11.5 Å². The molecule has 0 bridgehead atoms. The fourth-order valence-electron chi connectivity index (χ4n) is 9.26. The minimum absolute atomic E-state index is 0.222. The van der Waals surface area contributed by atoms with Gasteiger partial charge in [0.2, 0.25) is 0 Å². The number of benzene rings is 5. The van der Waals surface area contributed by atoms with Gasteiger partial charge >= 0.3 is 11.9 Å². The Morgan fingerprint density at radius 2 is 0.672 bits per heavy atom. The van der Waals surface area contributed by atoms with Crippen molar-refractivity contribution in [2.45, 2.75) is 207 Å². The summed E-state index contributed by atoms with van der Waals surface area (Å²) < 4.78 is 13.1. The summed E-state index contributed by atoms with van der Waals surface area (Å²) in [5, 5.41) is 4.04. The molecule has 5 rings (SSSR count). The first-order valence-electron chi connectivity index (χ1n) is 26.1. The third-order valence-electron chi connectivity index (χ3n) is 13.2. The predicted molar refractivity (Wildman–Crippen MR) is 273 cm³/mol. The first-order chi connectivity index (χ1) is 31.5. The van der Waals surface area contributed by atoms with Gasteiger partial charge in [-0.25, -0.2) is 9.59 Å². The quantitative estimate of drug-likeness (QED) is 0.0245. The summed E-state index contributed by atoms with van der Waals surface area (Å²) in [6.07, 6.45) is 33.0. The van der Waals surface area contributed by atoms with Crippen molar-refractivity contribution in [2.24, 2.45) is 0 Å². The highest BCUT2D eigenvalue weighted by molar-refractivity contribution is 6.06. The monoisotopic (exact) mass is 867 g/mol. The Labute approximate surface area is 388 Å². The lowest BCUT2D eigenvalue weighted by Crippen LogP contribution is -2.18. The van der Waals surface area contributed by atoms with E-state index in [9.17, 15) is 9.59 Å². The summed E-state index contributed by atoms with van der Waals surface area (Å²) in [4.78, 5) is 29.1. The highest BCUT2D eigenvalue weighted by atomic mass is 16.5. The molecule has 0 unspecified atom stereocenters. The molecule has 0 aliphatic heterocycles. The van der Waals surface area contributed by atoms with Crippen LogP contribution in [0.15, 0.2) is 84.9 Å². The lowest BCUT2D eigenvalue weighted by molar-refractivity contribution is 0.0693. The second-order valence-corrected chi connectivity index (χ2v) is 18.6. The topological polar surface area (TPSA) is 52.6 Å². The lowest BCUT2D eigenvalue weighted by atomic mass is 9.97. The molecule has 0 aliphatic carbocycles. The van der Waals surface area contributed by atoms with Crippen LogP contribution < -0.4 is 9.47 Å². The van der Waals surface area contributed by atoms with Gasteiger partial charge in [-0.15, -0.1) is 0 Å². The molecule has 4 heteroatoms. The number of unbranched alkanes of at least 4 members (excludes halogenated alkanes) is 20. The minimum Gasteiger partial charge on any atom is -0.422 e. The zero-order valence-electron chi connectivity index (χ0n) is 40.5. The molecule has 0 radical (unpaired) electrons. The zero-order chi connectivity index (χ0) is 45.2. The van der Waals surface area contributed by atoms with Crippen LogP contribution in [0.3, 0.4) is 0 Å². The summed E-state index contributed by atoms with van der Waals surface area (Å²) in [7, 11) is 0. The van der Waals surface area contributed by atoms with Gasteiger partial charge in [-0.05, 0) is 109 Å². The zero-order valence-corrected chi connectivity index (χ0v) is 40.5. The molecule has 0 atom stereocenters. The van der Waals surface area contributed by atoms with Crippen molar-refractivity contribution < 1.29 is 19.1 Å². The first-order valence-corrected chi connectivity index (χ1v) is 26.1. The number of hydrogen-bond acceptors (Lipinski definition) is 4. The van der Waals surface area contributed by atoms with Crippen molar-refractivity contribution in [1.29, 1.82) is 0 Å². The van der Waals surface area contributed by atoms with E-state index < -0.39 is 11.9 Å². The average molecular weight is 867 g/mol. The first kappa shape index (κ1) is 50.6. The van der Waals surface area contributed by atoms with Crippen LogP contribution >= 0.6 is 0 Å². The van der Waals surface area contributed by atoms with Crippen LogP contribution in [0, 0.1) is 0 Å². The number of esters is 2. The van der Waals surface area contributed by atoms with Crippen LogP contribution in [-0.4, -0.2) is 11.9 Å². The van der Waals surface area contributed by atoms with E-state index in [1.165, 1.54) is 127 Å². The number of aryl methyl sites for hydroxylation is 4. The Morgan fingerprint density at radius 1 is 0.359 bits per heavy atom. The lowest BCUT2D eigenvalue weighted by Gasteiger charge is -2.17. The summed E-state index contributed by atoms with van der Waals surface area (Å²) in [5.74, 6) is 0.184. The molecule has 4 nitrogen and oxygen atoms in total. The van der Waals surface area contributed by atoms with E-state index in [-0.39, 0.29) is 11.1 Å². The van der Waals surface area contributed by atoms with Crippen molar-refractivity contribution in [1.82, 2.24) is 0 Å². The molecular weight excluding hydrogens is 785 g/mol. The van der Waals surface area contributed by atoms with Crippen LogP contribution in [0.2, 0.25) is 0 Å². The van der Waals surface area contributed by atoms with Gasteiger partial charge in [-0.2, -0.15) is 0 Å². The van der Waals surface area contributed by atoms with E-state index in [0.717, 1.165) is 96.9 Å². The number of fused-ring (bicyclic) bond motifs is 2. The van der Waals surface area contributed by atoms with E-state index in [1.807, 2.05) is 12.1 Å². The number of ether oxygens (including phenoxy) is 2. The summed E-state index contributed by atoms with van der Waals surface area (Å²) in [6, 6.07) is 28.9. The third-order valence-corrected chi connectivity index (χ3v) is 13.2. The molecule has 0 N–H and O–H groups in total. The Kier molecular flexibility index (Phi) is 23.0. The second-order valence-electron chi connectivity index (χ2n) is 18.6. The second kappa shape index (κ2) is 29.2. The Balaban J connectivity index is 1.42. The summed E-state index contributed by atoms with van der Waals surface area (Å²) >= 11 is 0. The molecule has 0 saturated heterocycles. The largest absolute Gasteiger partial charge is 0.422 e. The number of carbonyl (C=O) groups is 2. The molecule has 0 aliphatic rings. The maximum Gasteiger partial charge on any atom is 0.344 e. The molecule has 0 spiro atoms. The molecule has 346 valence electrons. The smallest absolute Gasteiger partial charge is 0.344 e. The van der Waals surface area contributed by atoms with Gasteiger partial charge in [0, 0.05) is 10.8 Å². The van der Waals surface area contributed by atoms with Gasteiger partial charge in [0.1, 0.15) is 11.5 Å². The van der Waals surface area contributed by atoms with E-state index in [1.54, 1.807) is 12.1 Å². The van der Waals surface area contributed by atoms with Crippen molar-refractivity contribution in [3.63, 3.8) is 0 Å². The maximum atomic E-state index is 14.5. The third kappa shape index (κ3) is 16.2. The van der Waals surface area contributed by atoms with Gasteiger partial charge in [-0.1, -0.05) is 217 Å². The summed E-state index contributed by atoms with van der Waals surface area (Å²) in [5.41, 5.74) is 5.06. The average Bonchev–Trinajstić information content (AvgIpc) is 3.31. The minimum atomic E-state index is -0.531. The maximum absolute atomic E-state index is 14.5. The van der Waals surface area contributed by atoms with Gasteiger partial charge in [0.25, 0.3) is 0 Å². The molecule has 0 amide bonds. The number of rotatable bonds is 32. The standard InChI is InChI=1S/C60H82O4/c1-5-9-13-17-21-25-31-47-37-39-49-41-43-51(33-27-23-19-15-11-7-3)57(55(49)45-47)63-59(61)53-35-29-30-36-54(53)60(62)64-58-52(34-28-24-20-16-12-8-4)44-42-50-40-38-48(46-56(50)58)32-26-22-18-14-10-6-2/h29-30,35-46H,5-28,31-34H2,1-4H3. The van der Waals surface area contributed by atoms with E-state index in [2.05, 4.69) is 88.4 Å². The van der Waals surface area contributed by atoms with Crippen molar-refractivity contribution in [2.75, 3.05) is 0 Å². The van der Waals surface area contributed by atoms with Crippen LogP contribution in [0.5, 0.6) is 11.5 Å². The molecule has 0 saturated carbocycles. The number of carbonyl (C=O) groups excluding carboxylic acids is 2. The highest BCUT2D eigenvalue weighted by Gasteiger charge is 2.24. The van der Waals surface area contributed by atoms with Gasteiger partial charge in [0.15, 0.2) is 0 Å². The van der Waals surface area contributed by atoms with Gasteiger partial charge < -0.3 is 9.47 Å². The Bertz CT molecular complexity index is 1980. The normalized spacial score (nSPS) is 11.4. The summed E-state index contributed by atoms with van der Waals surface area (Å²) in [6.45, 7) is 9.02. The van der Waals surface area contributed by atoms with Crippen molar-refractivity contribution in [3.05, 3.63) is 118 Å². The molecule has 5 aromatic rings. The molecule has 5 aromatic carbocycles. The van der Waals surface area contributed by atoms with Crippen molar-refractivity contribution >= 4 is 33.5 Å². The fraction of sp³-hybridized carbons (Fsp3) is 0.533. The number of hydrogen-bond donors (Lipinski definition) is 0. The van der Waals surface area contributed by atoms with E-state index >= 15 is 0 Å². The predicted octanol–water partition coefficient (Wildman–Crippen LogP) is 18.0. The Hall–Kier alpha value is -4.44. The van der Waals surface area contributed by atoms with Crippen LogP contribution in [0.25, 0.3) is 21.5 Å². The molecule has 64 heavy (non-hydrogen) atoms. The molecule has 0 aromatic heterocycles. The van der Waals surface area contributed by atoms with Crippen LogP contribution in [0.4, 0.5) is 0 Å². The molecular formula is C60H82O4. The molecule has 0 heterocycles. The van der Waals surface area contributed by atoms with Gasteiger partial charge in [-0.3, -0.25) is 0 Å². The van der Waals surface area contributed by atoms with E-state index in [4.69, 9.17) is 9.47 Å². The van der Waals surface area contributed by atoms with Crippen LogP contribution in [-0.2, 0) is 25.7 Å². The highest BCUT2D eigenvalue weighted by Crippen LogP contribution is 2.36. The Morgan fingerprint density at radius 3 is 1.03 bits per heavy atom. The van der Waals surface area contributed by atoms with E-state index in [0.29, 0.717) is 11.5 Å². The van der Waals surface area contributed by atoms with Crippen LogP contribution in [0.1, 0.15) is 225 Å². The molecule has 0 fully saturated rings. The SMILES string of the molecule is CCCCCCCCc1ccc2ccc(CCCCCCCC)c(OC(=O)c3ccccc3C(=O)Oc3c(CCCCCCCC)ccc4ccc(CCCCCCCC)cc34)c2c1. The van der Waals surface area contributed by atoms with Gasteiger partial charge in [0.05, 0.1) is 11.1 Å². The fourth-order valence-corrected chi connectivity index (χ4v) is 9.26.